The number of nitrogens with zero attached hydrogens (tertiary/aromatic N) is 2. The molecule has 1 aliphatic rings. The molecule has 0 aliphatic carbocycles. The average molecular weight is 473 g/mol. The fourth-order valence-electron chi connectivity index (χ4n) is 4.08. The van der Waals surface area contributed by atoms with Crippen LogP contribution in [0.5, 0.6) is 5.75 Å². The quantitative estimate of drug-likeness (QED) is 0.475. The van der Waals surface area contributed by atoms with E-state index in [2.05, 4.69) is 50.8 Å². The van der Waals surface area contributed by atoms with Crippen LogP contribution in [-0.2, 0) is 22.7 Å². The Balaban J connectivity index is 1.19. The lowest BCUT2D eigenvalue weighted by atomic mass is 10.1. The largest absolute Gasteiger partial charge is 0.484 e. The highest BCUT2D eigenvalue weighted by Gasteiger charge is 2.18. The van der Waals surface area contributed by atoms with E-state index >= 15 is 0 Å². The number of benzene rings is 3. The highest BCUT2D eigenvalue weighted by Crippen LogP contribution is 2.18. The van der Waals surface area contributed by atoms with E-state index < -0.39 is 0 Å². The summed E-state index contributed by atoms with van der Waals surface area (Å²) in [5, 5.41) is 5.51. The normalized spacial score (nSPS) is 13.8. The Morgan fingerprint density at radius 2 is 1.34 bits per heavy atom. The third-order valence-corrected chi connectivity index (χ3v) is 6.04. The zero-order chi connectivity index (χ0) is 24.3. The number of hydrogen-bond donors (Lipinski definition) is 2. The monoisotopic (exact) mass is 472 g/mol. The van der Waals surface area contributed by atoms with E-state index in [9.17, 15) is 9.59 Å². The maximum absolute atomic E-state index is 12.3. The van der Waals surface area contributed by atoms with Gasteiger partial charge in [-0.3, -0.25) is 14.5 Å². The molecular formula is C28H32N4O3. The second-order valence-electron chi connectivity index (χ2n) is 8.52. The molecule has 0 unspecified atom stereocenters. The molecule has 0 aromatic heterocycles. The van der Waals surface area contributed by atoms with Crippen LogP contribution in [0.25, 0.3) is 0 Å². The lowest BCUT2D eigenvalue weighted by Crippen LogP contribution is -2.46. The molecular weight excluding hydrogens is 440 g/mol. The summed E-state index contributed by atoms with van der Waals surface area (Å²) in [4.78, 5) is 29.1. The molecule has 3 aromatic carbocycles. The lowest BCUT2D eigenvalue weighted by Gasteiger charge is -2.36. The van der Waals surface area contributed by atoms with Crippen molar-refractivity contribution in [3.63, 3.8) is 0 Å². The predicted octanol–water partition coefficient (Wildman–Crippen LogP) is 2.82. The molecule has 0 spiro atoms. The van der Waals surface area contributed by atoms with Gasteiger partial charge in [0.05, 0.1) is 6.54 Å². The Hall–Kier alpha value is -3.84. The van der Waals surface area contributed by atoms with Gasteiger partial charge in [0.25, 0.3) is 5.91 Å². The highest BCUT2D eigenvalue weighted by atomic mass is 16.5. The van der Waals surface area contributed by atoms with Crippen molar-refractivity contribution in [2.45, 2.75) is 13.1 Å². The molecule has 0 saturated carbocycles. The van der Waals surface area contributed by atoms with Gasteiger partial charge in [0.1, 0.15) is 5.75 Å². The van der Waals surface area contributed by atoms with E-state index in [0.717, 1.165) is 38.3 Å². The lowest BCUT2D eigenvalue weighted by molar-refractivity contribution is -0.127. The minimum atomic E-state index is -0.334. The van der Waals surface area contributed by atoms with Gasteiger partial charge in [0, 0.05) is 45.0 Å². The summed E-state index contributed by atoms with van der Waals surface area (Å²) in [5.74, 6) is 0.0496. The predicted molar refractivity (Wildman–Crippen MR) is 137 cm³/mol. The standard InChI is InChI=1S/C28H32N4O3/c33-27(20-30-28(34)22-35-26-13-5-2-6-14-26)29-19-23-9-7-8-10-24(23)21-31-15-17-32(18-16-31)25-11-3-1-4-12-25/h1-14H,15-22H2,(H,29,33)(H,30,34). The summed E-state index contributed by atoms with van der Waals surface area (Å²) in [6, 6.07) is 27.8. The zero-order valence-corrected chi connectivity index (χ0v) is 19.9. The number of carbonyl (C=O) groups excluding carboxylic acids is 2. The molecule has 7 heteroatoms. The van der Waals surface area contributed by atoms with Gasteiger partial charge in [-0.05, 0) is 35.4 Å². The van der Waals surface area contributed by atoms with Crippen molar-refractivity contribution >= 4 is 17.5 Å². The number of carbonyl (C=O) groups is 2. The second kappa shape index (κ2) is 12.6. The van der Waals surface area contributed by atoms with Gasteiger partial charge >= 0.3 is 0 Å². The van der Waals surface area contributed by atoms with Gasteiger partial charge in [-0.25, -0.2) is 0 Å². The summed E-state index contributed by atoms with van der Waals surface area (Å²) in [6.45, 7) is 5.04. The topological polar surface area (TPSA) is 73.9 Å². The van der Waals surface area contributed by atoms with Gasteiger partial charge in [0.2, 0.25) is 5.91 Å². The van der Waals surface area contributed by atoms with Gasteiger partial charge in [0.15, 0.2) is 6.61 Å². The number of nitrogens with one attached hydrogen (secondary N) is 2. The molecule has 1 aliphatic heterocycles. The maximum atomic E-state index is 12.3. The molecule has 0 radical (unpaired) electrons. The minimum Gasteiger partial charge on any atom is -0.484 e. The third kappa shape index (κ3) is 7.58. The molecule has 0 atom stereocenters. The Kier molecular flexibility index (Phi) is 8.73. The van der Waals surface area contributed by atoms with Crippen molar-refractivity contribution in [3.05, 3.63) is 96.1 Å². The van der Waals surface area contributed by atoms with Crippen molar-refractivity contribution in [1.82, 2.24) is 15.5 Å². The van der Waals surface area contributed by atoms with E-state index in [1.165, 1.54) is 11.3 Å². The van der Waals surface area contributed by atoms with Crippen molar-refractivity contribution in [3.8, 4) is 5.75 Å². The van der Waals surface area contributed by atoms with Crippen LogP contribution in [-0.4, -0.2) is 56.0 Å². The second-order valence-corrected chi connectivity index (χ2v) is 8.52. The first kappa shape index (κ1) is 24.3. The number of hydrogen-bond acceptors (Lipinski definition) is 5. The highest BCUT2D eigenvalue weighted by molar-refractivity contribution is 5.85. The third-order valence-electron chi connectivity index (χ3n) is 6.04. The summed E-state index contributed by atoms with van der Waals surface area (Å²) >= 11 is 0. The molecule has 1 fully saturated rings. The smallest absolute Gasteiger partial charge is 0.258 e. The molecule has 1 saturated heterocycles. The van der Waals surface area contributed by atoms with Crippen molar-refractivity contribution in [2.75, 3.05) is 44.2 Å². The molecule has 7 nitrogen and oxygen atoms in total. The number of rotatable bonds is 10. The zero-order valence-electron chi connectivity index (χ0n) is 19.9. The molecule has 1 heterocycles. The number of amides is 2. The Morgan fingerprint density at radius 3 is 2.06 bits per heavy atom. The van der Waals surface area contributed by atoms with E-state index in [1.807, 2.05) is 42.5 Å². The minimum absolute atomic E-state index is 0.0827. The molecule has 35 heavy (non-hydrogen) atoms. The van der Waals surface area contributed by atoms with Crippen LogP contribution in [0.2, 0.25) is 0 Å². The Labute approximate surface area is 206 Å². The first-order chi connectivity index (χ1) is 17.2. The molecule has 0 bridgehead atoms. The number of anilines is 1. The molecule has 2 amide bonds. The van der Waals surface area contributed by atoms with Crippen LogP contribution in [0.3, 0.4) is 0 Å². The number of para-hydroxylation sites is 2. The fraction of sp³-hybridized carbons (Fsp3) is 0.286. The summed E-state index contributed by atoms with van der Waals surface area (Å²) < 4.78 is 5.40. The summed E-state index contributed by atoms with van der Waals surface area (Å²) in [6.07, 6.45) is 0. The molecule has 2 N–H and O–H groups in total. The SMILES string of the molecule is O=C(CNC(=O)COc1ccccc1)NCc1ccccc1CN1CCN(c2ccccc2)CC1. The van der Waals surface area contributed by atoms with Crippen molar-refractivity contribution in [1.29, 1.82) is 0 Å². The molecule has 3 aromatic rings. The van der Waals surface area contributed by atoms with E-state index in [-0.39, 0.29) is 25.0 Å². The van der Waals surface area contributed by atoms with Gasteiger partial charge in [-0.15, -0.1) is 0 Å². The first-order valence-corrected chi connectivity index (χ1v) is 12.0. The van der Waals surface area contributed by atoms with Crippen molar-refractivity contribution in [2.24, 2.45) is 0 Å². The van der Waals surface area contributed by atoms with Crippen LogP contribution in [0, 0.1) is 0 Å². The Bertz CT molecular complexity index is 1080. The molecule has 4 rings (SSSR count). The first-order valence-electron chi connectivity index (χ1n) is 12.0. The van der Waals surface area contributed by atoms with Crippen LogP contribution < -0.4 is 20.3 Å². The van der Waals surface area contributed by atoms with Gasteiger partial charge in [-0.1, -0.05) is 60.7 Å². The van der Waals surface area contributed by atoms with Crippen LogP contribution in [0.1, 0.15) is 11.1 Å². The van der Waals surface area contributed by atoms with Crippen LogP contribution >= 0.6 is 0 Å². The summed E-state index contributed by atoms with van der Waals surface area (Å²) in [5.41, 5.74) is 3.57. The van der Waals surface area contributed by atoms with Gasteiger partial charge in [-0.2, -0.15) is 0 Å². The maximum Gasteiger partial charge on any atom is 0.258 e. The van der Waals surface area contributed by atoms with Gasteiger partial charge < -0.3 is 20.3 Å². The Morgan fingerprint density at radius 1 is 0.714 bits per heavy atom. The fourth-order valence-corrected chi connectivity index (χ4v) is 4.08. The van der Waals surface area contributed by atoms with Crippen LogP contribution in [0.4, 0.5) is 5.69 Å². The van der Waals surface area contributed by atoms with Crippen molar-refractivity contribution < 1.29 is 14.3 Å². The van der Waals surface area contributed by atoms with E-state index in [0.29, 0.717) is 12.3 Å². The van der Waals surface area contributed by atoms with Crippen LogP contribution in [0.15, 0.2) is 84.9 Å². The summed E-state index contributed by atoms with van der Waals surface area (Å²) in [7, 11) is 0. The van der Waals surface area contributed by atoms with E-state index in [4.69, 9.17) is 4.74 Å². The van der Waals surface area contributed by atoms with E-state index in [1.54, 1.807) is 12.1 Å². The number of piperazine rings is 1. The average Bonchev–Trinajstić information content (AvgIpc) is 2.92. The molecule has 182 valence electrons. The number of ether oxygens (including phenoxy) is 1.